The first kappa shape index (κ1) is 15.8. The van der Waals surface area contributed by atoms with Crippen LogP contribution in [0.15, 0.2) is 48.5 Å². The van der Waals surface area contributed by atoms with E-state index in [1.165, 1.54) is 0 Å². The van der Waals surface area contributed by atoms with Crippen LogP contribution in [0.1, 0.15) is 25.2 Å². The third-order valence-electron chi connectivity index (χ3n) is 3.56. The Morgan fingerprint density at radius 1 is 1.21 bits per heavy atom. The lowest BCUT2D eigenvalue weighted by molar-refractivity contribution is 0.270. The highest BCUT2D eigenvalue weighted by Crippen LogP contribution is 2.25. The molecule has 1 N–H and O–H groups in total. The van der Waals surface area contributed by atoms with Crippen molar-refractivity contribution < 1.29 is 4.74 Å². The monoisotopic (exact) mass is 317 g/mol. The number of nitrogens with zero attached hydrogens (tertiary/aromatic N) is 2. The molecule has 0 saturated heterocycles. The van der Waals surface area contributed by atoms with E-state index < -0.39 is 0 Å². The maximum absolute atomic E-state index is 9.56. The predicted molar refractivity (Wildman–Crippen MR) is 96.4 cm³/mol. The number of allylic oxidation sites excluding steroid dienone is 1. The molecule has 1 aromatic heterocycles. The van der Waals surface area contributed by atoms with Crippen LogP contribution in [0.25, 0.3) is 22.7 Å². The number of para-hydroxylation sites is 3. The van der Waals surface area contributed by atoms with Gasteiger partial charge in [0.2, 0.25) is 0 Å². The Balaban J connectivity index is 1.97. The van der Waals surface area contributed by atoms with Crippen LogP contribution < -0.4 is 4.74 Å². The molecule has 0 spiro atoms. The number of nitriles is 1. The summed E-state index contributed by atoms with van der Waals surface area (Å²) in [4.78, 5) is 7.69. The van der Waals surface area contributed by atoms with Crippen LogP contribution >= 0.6 is 0 Å². The van der Waals surface area contributed by atoms with Crippen molar-refractivity contribution >= 4 is 22.7 Å². The minimum Gasteiger partial charge on any atom is -0.493 e. The Morgan fingerprint density at radius 2 is 1.96 bits per heavy atom. The summed E-state index contributed by atoms with van der Waals surface area (Å²) in [5.41, 5.74) is 3.11. The molecular formula is C20H19N3O. The first-order valence-electron chi connectivity index (χ1n) is 7.96. The molecule has 0 aliphatic heterocycles. The van der Waals surface area contributed by atoms with Crippen molar-refractivity contribution in [1.29, 1.82) is 5.26 Å². The molecule has 2 aromatic carbocycles. The van der Waals surface area contributed by atoms with Gasteiger partial charge in [0.1, 0.15) is 17.6 Å². The highest BCUT2D eigenvalue weighted by molar-refractivity contribution is 5.91. The zero-order valence-corrected chi connectivity index (χ0v) is 13.8. The summed E-state index contributed by atoms with van der Waals surface area (Å²) < 4.78 is 5.85. The largest absolute Gasteiger partial charge is 0.493 e. The van der Waals surface area contributed by atoms with Gasteiger partial charge < -0.3 is 9.72 Å². The van der Waals surface area contributed by atoms with E-state index in [0.717, 1.165) is 22.3 Å². The van der Waals surface area contributed by atoms with Gasteiger partial charge in [-0.3, -0.25) is 0 Å². The fourth-order valence-corrected chi connectivity index (χ4v) is 2.38. The topological polar surface area (TPSA) is 61.7 Å². The van der Waals surface area contributed by atoms with Gasteiger partial charge in [-0.15, -0.1) is 0 Å². The molecule has 0 atom stereocenters. The molecule has 0 bridgehead atoms. The standard InChI is InChI=1S/C20H19N3O/c1-14(2)13-24-19-10-6-3-7-15(19)11-16(12-21)20-22-17-8-4-5-9-18(17)23-20/h3-11,14H,13H2,1-2H3,(H,22,23)/b16-11+. The Labute approximate surface area is 141 Å². The van der Waals surface area contributed by atoms with Crippen molar-refractivity contribution in [3.05, 3.63) is 59.9 Å². The zero-order chi connectivity index (χ0) is 16.9. The van der Waals surface area contributed by atoms with Crippen LogP contribution in [0, 0.1) is 17.2 Å². The minimum absolute atomic E-state index is 0.438. The summed E-state index contributed by atoms with van der Waals surface area (Å²) in [6.07, 6.45) is 1.81. The van der Waals surface area contributed by atoms with Gasteiger partial charge in [-0.1, -0.05) is 44.2 Å². The normalized spacial score (nSPS) is 11.7. The highest BCUT2D eigenvalue weighted by atomic mass is 16.5. The van der Waals surface area contributed by atoms with Crippen molar-refractivity contribution in [3.8, 4) is 11.8 Å². The molecular weight excluding hydrogens is 298 g/mol. The van der Waals surface area contributed by atoms with Crippen molar-refractivity contribution in [2.24, 2.45) is 5.92 Å². The Kier molecular flexibility index (Phi) is 4.62. The van der Waals surface area contributed by atoms with E-state index in [0.29, 0.717) is 23.9 Å². The fourth-order valence-electron chi connectivity index (χ4n) is 2.38. The quantitative estimate of drug-likeness (QED) is 0.696. The Bertz CT molecular complexity index is 883. The van der Waals surface area contributed by atoms with Crippen LogP contribution in [0.3, 0.4) is 0 Å². The van der Waals surface area contributed by atoms with Gasteiger partial charge in [-0.2, -0.15) is 5.26 Å². The van der Waals surface area contributed by atoms with Crippen molar-refractivity contribution in [2.45, 2.75) is 13.8 Å². The lowest BCUT2D eigenvalue weighted by atomic mass is 10.1. The average molecular weight is 317 g/mol. The van der Waals surface area contributed by atoms with E-state index in [9.17, 15) is 5.26 Å². The number of imidazole rings is 1. The number of fused-ring (bicyclic) bond motifs is 1. The molecule has 0 saturated carbocycles. The number of benzene rings is 2. The van der Waals surface area contributed by atoms with Crippen LogP contribution in [0.4, 0.5) is 0 Å². The number of nitrogens with one attached hydrogen (secondary N) is 1. The lowest BCUT2D eigenvalue weighted by Gasteiger charge is -2.11. The third kappa shape index (κ3) is 3.47. The van der Waals surface area contributed by atoms with Gasteiger partial charge in [-0.05, 0) is 30.2 Å². The van der Waals surface area contributed by atoms with E-state index in [1.54, 1.807) is 0 Å². The van der Waals surface area contributed by atoms with E-state index >= 15 is 0 Å². The molecule has 0 unspecified atom stereocenters. The predicted octanol–water partition coefficient (Wildman–Crippen LogP) is 4.66. The van der Waals surface area contributed by atoms with Crippen LogP contribution in [-0.2, 0) is 0 Å². The second-order valence-corrected chi connectivity index (χ2v) is 6.02. The number of ether oxygens (including phenoxy) is 1. The van der Waals surface area contributed by atoms with E-state index in [1.807, 2.05) is 54.6 Å². The summed E-state index contributed by atoms with van der Waals surface area (Å²) >= 11 is 0. The molecule has 1 heterocycles. The molecule has 24 heavy (non-hydrogen) atoms. The second kappa shape index (κ2) is 7.01. The molecule has 4 heteroatoms. The Hall–Kier alpha value is -3.06. The van der Waals surface area contributed by atoms with Gasteiger partial charge in [0.25, 0.3) is 0 Å². The molecule has 120 valence electrons. The first-order valence-corrected chi connectivity index (χ1v) is 7.96. The SMILES string of the molecule is CC(C)COc1ccccc1/C=C(\C#N)c1nc2ccccc2[nH]1. The maximum Gasteiger partial charge on any atom is 0.149 e. The molecule has 0 aliphatic rings. The van der Waals surface area contributed by atoms with Gasteiger partial charge in [0.15, 0.2) is 0 Å². The number of hydrogen-bond donors (Lipinski definition) is 1. The second-order valence-electron chi connectivity index (χ2n) is 6.02. The van der Waals surface area contributed by atoms with E-state index in [4.69, 9.17) is 4.74 Å². The molecule has 0 radical (unpaired) electrons. The van der Waals surface area contributed by atoms with E-state index in [2.05, 4.69) is 29.9 Å². The van der Waals surface area contributed by atoms with Gasteiger partial charge in [-0.25, -0.2) is 4.98 Å². The number of aromatic nitrogens is 2. The van der Waals surface area contributed by atoms with Crippen LogP contribution in [-0.4, -0.2) is 16.6 Å². The minimum atomic E-state index is 0.438. The van der Waals surface area contributed by atoms with E-state index in [-0.39, 0.29) is 0 Å². The van der Waals surface area contributed by atoms with Crippen molar-refractivity contribution in [2.75, 3.05) is 6.61 Å². The summed E-state index contributed by atoms with van der Waals surface area (Å²) in [5.74, 6) is 1.78. The van der Waals surface area contributed by atoms with Crippen molar-refractivity contribution in [1.82, 2.24) is 9.97 Å². The van der Waals surface area contributed by atoms with Crippen LogP contribution in [0.5, 0.6) is 5.75 Å². The highest BCUT2D eigenvalue weighted by Gasteiger charge is 2.09. The van der Waals surface area contributed by atoms with Crippen LogP contribution in [0.2, 0.25) is 0 Å². The van der Waals surface area contributed by atoms with Gasteiger partial charge in [0.05, 0.1) is 23.2 Å². The average Bonchev–Trinajstić information content (AvgIpc) is 3.02. The molecule has 0 aliphatic carbocycles. The number of H-pyrrole nitrogens is 1. The number of hydrogen-bond acceptors (Lipinski definition) is 3. The Morgan fingerprint density at radius 3 is 2.71 bits per heavy atom. The lowest BCUT2D eigenvalue weighted by Crippen LogP contribution is -2.05. The number of rotatable bonds is 5. The third-order valence-corrected chi connectivity index (χ3v) is 3.56. The molecule has 4 nitrogen and oxygen atoms in total. The molecule has 0 fully saturated rings. The summed E-state index contributed by atoms with van der Waals surface area (Å²) in [7, 11) is 0. The summed E-state index contributed by atoms with van der Waals surface area (Å²) in [5, 5.41) is 9.56. The summed E-state index contributed by atoms with van der Waals surface area (Å²) in [6.45, 7) is 4.85. The zero-order valence-electron chi connectivity index (χ0n) is 13.8. The van der Waals surface area contributed by atoms with Gasteiger partial charge in [0, 0.05) is 5.56 Å². The smallest absolute Gasteiger partial charge is 0.149 e. The van der Waals surface area contributed by atoms with Gasteiger partial charge >= 0.3 is 0 Å². The first-order chi connectivity index (χ1) is 11.7. The van der Waals surface area contributed by atoms with Crippen molar-refractivity contribution in [3.63, 3.8) is 0 Å². The fraction of sp³-hybridized carbons (Fsp3) is 0.200. The molecule has 3 rings (SSSR count). The maximum atomic E-state index is 9.56. The summed E-state index contributed by atoms with van der Waals surface area (Å²) in [6, 6.07) is 17.7. The molecule has 0 amide bonds. The molecule has 3 aromatic rings. The number of aromatic amines is 1.